The SMILES string of the molecule is CN(C)C(=O)OCCN1CCN(CC(F)(F)F)CC1(C)C. The van der Waals surface area contributed by atoms with Gasteiger partial charge in [-0.2, -0.15) is 13.2 Å². The number of hydrogen-bond donors (Lipinski definition) is 0. The number of hydrogen-bond acceptors (Lipinski definition) is 4. The van der Waals surface area contributed by atoms with E-state index in [1.165, 1.54) is 9.80 Å². The van der Waals surface area contributed by atoms with Crippen molar-refractivity contribution in [1.29, 1.82) is 0 Å². The molecule has 0 saturated carbocycles. The van der Waals surface area contributed by atoms with Gasteiger partial charge in [-0.05, 0) is 13.8 Å². The molecule has 0 aromatic rings. The molecule has 124 valence electrons. The lowest BCUT2D eigenvalue weighted by atomic mass is 9.99. The fourth-order valence-corrected chi connectivity index (χ4v) is 2.47. The van der Waals surface area contributed by atoms with Gasteiger partial charge in [0.05, 0.1) is 6.54 Å². The van der Waals surface area contributed by atoms with Crippen LogP contribution in [0.4, 0.5) is 18.0 Å². The largest absolute Gasteiger partial charge is 0.448 e. The number of carbonyl (C=O) groups excluding carboxylic acids is 1. The predicted molar refractivity (Wildman–Crippen MR) is 73.2 cm³/mol. The third-order valence-corrected chi connectivity index (χ3v) is 3.51. The summed E-state index contributed by atoms with van der Waals surface area (Å²) in [6.45, 7) is 4.93. The molecule has 1 fully saturated rings. The summed E-state index contributed by atoms with van der Waals surface area (Å²) in [4.78, 5) is 16.1. The maximum Gasteiger partial charge on any atom is 0.409 e. The average Bonchev–Trinajstić information content (AvgIpc) is 2.28. The van der Waals surface area contributed by atoms with Crippen molar-refractivity contribution < 1.29 is 22.7 Å². The molecule has 0 atom stereocenters. The molecule has 21 heavy (non-hydrogen) atoms. The summed E-state index contributed by atoms with van der Waals surface area (Å²) >= 11 is 0. The number of carbonyl (C=O) groups is 1. The summed E-state index contributed by atoms with van der Waals surface area (Å²) in [5.74, 6) is 0. The molecule has 0 aromatic carbocycles. The Labute approximate surface area is 123 Å². The molecule has 5 nitrogen and oxygen atoms in total. The van der Waals surface area contributed by atoms with Crippen LogP contribution in [0.1, 0.15) is 13.8 Å². The Morgan fingerprint density at radius 1 is 1.29 bits per heavy atom. The van der Waals surface area contributed by atoms with Crippen molar-refractivity contribution in [3.05, 3.63) is 0 Å². The average molecular weight is 311 g/mol. The molecule has 0 radical (unpaired) electrons. The van der Waals surface area contributed by atoms with E-state index in [-0.39, 0.29) is 12.1 Å². The van der Waals surface area contributed by atoms with Gasteiger partial charge in [0.25, 0.3) is 0 Å². The fourth-order valence-electron chi connectivity index (χ4n) is 2.47. The highest BCUT2D eigenvalue weighted by Gasteiger charge is 2.38. The molecule has 0 bridgehead atoms. The Balaban J connectivity index is 2.43. The maximum absolute atomic E-state index is 12.4. The topological polar surface area (TPSA) is 36.0 Å². The van der Waals surface area contributed by atoms with Gasteiger partial charge in [-0.3, -0.25) is 9.80 Å². The molecule has 1 amide bonds. The number of ether oxygens (including phenoxy) is 1. The molecule has 1 saturated heterocycles. The van der Waals surface area contributed by atoms with E-state index < -0.39 is 18.8 Å². The molecule has 0 aromatic heterocycles. The number of halogens is 3. The number of alkyl halides is 3. The van der Waals surface area contributed by atoms with Gasteiger partial charge < -0.3 is 9.64 Å². The lowest BCUT2D eigenvalue weighted by Crippen LogP contribution is -2.61. The van der Waals surface area contributed by atoms with Crippen molar-refractivity contribution in [2.45, 2.75) is 25.6 Å². The molecule has 0 N–H and O–H groups in total. The van der Waals surface area contributed by atoms with Gasteiger partial charge in [-0.25, -0.2) is 4.79 Å². The molecular weight excluding hydrogens is 287 g/mol. The van der Waals surface area contributed by atoms with Crippen LogP contribution >= 0.6 is 0 Å². The van der Waals surface area contributed by atoms with Crippen LogP contribution < -0.4 is 0 Å². The van der Waals surface area contributed by atoms with Gasteiger partial charge in [-0.1, -0.05) is 0 Å². The Bertz CT molecular complexity index is 359. The van der Waals surface area contributed by atoms with Gasteiger partial charge in [0.15, 0.2) is 0 Å². The third kappa shape index (κ3) is 6.09. The van der Waals surface area contributed by atoms with Crippen LogP contribution in [0.2, 0.25) is 0 Å². The zero-order valence-electron chi connectivity index (χ0n) is 13.0. The summed E-state index contributed by atoms with van der Waals surface area (Å²) in [5, 5.41) is 0. The molecule has 0 unspecified atom stereocenters. The zero-order chi connectivity index (χ0) is 16.3. The van der Waals surface area contributed by atoms with Gasteiger partial charge in [0.1, 0.15) is 6.61 Å². The molecular formula is C13H24F3N3O2. The molecule has 1 heterocycles. The first-order chi connectivity index (χ1) is 9.51. The van der Waals surface area contributed by atoms with Crippen LogP contribution in [0.25, 0.3) is 0 Å². The Kier molecular flexibility index (Phi) is 5.86. The number of amides is 1. The number of nitrogens with zero attached hydrogens (tertiary/aromatic N) is 3. The minimum absolute atomic E-state index is 0.236. The van der Waals surface area contributed by atoms with Crippen LogP contribution in [-0.2, 0) is 4.74 Å². The van der Waals surface area contributed by atoms with E-state index in [9.17, 15) is 18.0 Å². The first kappa shape index (κ1) is 18.0. The second-order valence-electron chi connectivity index (χ2n) is 6.13. The fraction of sp³-hybridized carbons (Fsp3) is 0.923. The van der Waals surface area contributed by atoms with Crippen molar-refractivity contribution in [2.75, 3.05) is 53.4 Å². The molecule has 0 spiro atoms. The Morgan fingerprint density at radius 3 is 2.38 bits per heavy atom. The highest BCUT2D eigenvalue weighted by molar-refractivity contribution is 5.66. The lowest BCUT2D eigenvalue weighted by Gasteiger charge is -2.47. The summed E-state index contributed by atoms with van der Waals surface area (Å²) in [6, 6.07) is 0. The van der Waals surface area contributed by atoms with Crippen LogP contribution in [0.3, 0.4) is 0 Å². The van der Waals surface area contributed by atoms with E-state index >= 15 is 0 Å². The van der Waals surface area contributed by atoms with Crippen LogP contribution in [0.5, 0.6) is 0 Å². The van der Waals surface area contributed by atoms with E-state index in [1.54, 1.807) is 14.1 Å². The molecule has 1 aliphatic heterocycles. The van der Waals surface area contributed by atoms with E-state index in [2.05, 4.69) is 4.90 Å². The van der Waals surface area contributed by atoms with E-state index in [4.69, 9.17) is 4.74 Å². The summed E-state index contributed by atoms with van der Waals surface area (Å²) in [6.07, 6.45) is -4.58. The van der Waals surface area contributed by atoms with Crippen molar-refractivity contribution in [3.8, 4) is 0 Å². The van der Waals surface area contributed by atoms with Gasteiger partial charge in [0.2, 0.25) is 0 Å². The second-order valence-corrected chi connectivity index (χ2v) is 6.13. The third-order valence-electron chi connectivity index (χ3n) is 3.51. The van der Waals surface area contributed by atoms with E-state index in [1.807, 2.05) is 13.8 Å². The first-order valence-corrected chi connectivity index (χ1v) is 6.89. The van der Waals surface area contributed by atoms with Crippen LogP contribution in [0, 0.1) is 0 Å². The zero-order valence-corrected chi connectivity index (χ0v) is 13.0. The Morgan fingerprint density at radius 2 is 1.90 bits per heavy atom. The summed E-state index contributed by atoms with van der Waals surface area (Å²) in [7, 11) is 3.20. The number of rotatable bonds is 4. The number of piperazine rings is 1. The minimum Gasteiger partial charge on any atom is -0.448 e. The predicted octanol–water partition coefficient (Wildman–Crippen LogP) is 1.64. The van der Waals surface area contributed by atoms with E-state index in [0.29, 0.717) is 26.2 Å². The summed E-state index contributed by atoms with van der Waals surface area (Å²) in [5.41, 5.74) is -0.381. The summed E-state index contributed by atoms with van der Waals surface area (Å²) < 4.78 is 42.4. The van der Waals surface area contributed by atoms with E-state index in [0.717, 1.165) is 0 Å². The lowest BCUT2D eigenvalue weighted by molar-refractivity contribution is -0.155. The van der Waals surface area contributed by atoms with Crippen molar-refractivity contribution in [1.82, 2.24) is 14.7 Å². The van der Waals surface area contributed by atoms with Crippen molar-refractivity contribution >= 4 is 6.09 Å². The van der Waals surface area contributed by atoms with Gasteiger partial charge in [-0.15, -0.1) is 0 Å². The monoisotopic (exact) mass is 311 g/mol. The molecule has 0 aliphatic carbocycles. The highest BCUT2D eigenvalue weighted by Crippen LogP contribution is 2.24. The minimum atomic E-state index is -4.17. The first-order valence-electron chi connectivity index (χ1n) is 6.89. The standard InChI is InChI=1S/C13H24F3N3O2/c1-12(2)9-18(10-13(14,15)16)5-6-19(12)7-8-21-11(20)17(3)4/h5-10H2,1-4H3. The van der Waals surface area contributed by atoms with Gasteiger partial charge >= 0.3 is 12.3 Å². The maximum atomic E-state index is 12.4. The smallest absolute Gasteiger partial charge is 0.409 e. The molecule has 1 rings (SSSR count). The normalized spacial score (nSPS) is 20.3. The van der Waals surface area contributed by atoms with Crippen LogP contribution in [-0.4, -0.2) is 85.9 Å². The molecule has 8 heteroatoms. The Hall–Kier alpha value is -1.02. The van der Waals surface area contributed by atoms with Crippen LogP contribution in [0.15, 0.2) is 0 Å². The second kappa shape index (κ2) is 6.83. The van der Waals surface area contributed by atoms with Gasteiger partial charge in [0, 0.05) is 45.8 Å². The van der Waals surface area contributed by atoms with Crippen molar-refractivity contribution in [3.63, 3.8) is 0 Å². The highest BCUT2D eigenvalue weighted by atomic mass is 19.4. The van der Waals surface area contributed by atoms with Crippen molar-refractivity contribution in [2.24, 2.45) is 0 Å². The molecule has 1 aliphatic rings. The quantitative estimate of drug-likeness (QED) is 0.791.